The first-order chi connectivity index (χ1) is 7.19. The molecule has 82 valence electrons. The largest absolute Gasteiger partial charge is 0.496 e. The van der Waals surface area contributed by atoms with Crippen molar-refractivity contribution in [1.82, 2.24) is 0 Å². The minimum Gasteiger partial charge on any atom is -0.496 e. The minimum atomic E-state index is -0.431. The number of benzene rings is 1. The van der Waals surface area contributed by atoms with E-state index in [-0.39, 0.29) is 0 Å². The molecule has 0 saturated heterocycles. The standard InChI is InChI=1S/C12H16O3/c1-7-6-8(13)12-10(15-3)5-4-9(14-2)11(7)12/h4-5,7-8,13H,6H2,1-3H3. The van der Waals surface area contributed by atoms with Gasteiger partial charge in [0.15, 0.2) is 0 Å². The lowest BCUT2D eigenvalue weighted by atomic mass is 10.0. The lowest BCUT2D eigenvalue weighted by Crippen LogP contribution is -1.98. The van der Waals surface area contributed by atoms with Gasteiger partial charge in [-0.1, -0.05) is 6.92 Å². The summed E-state index contributed by atoms with van der Waals surface area (Å²) in [5.74, 6) is 1.91. The Kier molecular flexibility index (Phi) is 2.57. The molecule has 0 heterocycles. The maximum absolute atomic E-state index is 9.95. The highest BCUT2D eigenvalue weighted by atomic mass is 16.5. The quantitative estimate of drug-likeness (QED) is 0.810. The van der Waals surface area contributed by atoms with Gasteiger partial charge in [-0.3, -0.25) is 0 Å². The lowest BCUT2D eigenvalue weighted by Gasteiger charge is -2.14. The van der Waals surface area contributed by atoms with Gasteiger partial charge in [0, 0.05) is 11.1 Å². The van der Waals surface area contributed by atoms with Crippen LogP contribution in [0.1, 0.15) is 36.5 Å². The van der Waals surface area contributed by atoms with Gasteiger partial charge < -0.3 is 14.6 Å². The molecular formula is C12H16O3. The van der Waals surface area contributed by atoms with Crippen molar-refractivity contribution in [3.05, 3.63) is 23.3 Å². The van der Waals surface area contributed by atoms with Crippen molar-refractivity contribution < 1.29 is 14.6 Å². The number of aliphatic hydroxyl groups is 1. The molecule has 0 aromatic heterocycles. The second-order valence-corrected chi connectivity index (χ2v) is 3.95. The first-order valence-electron chi connectivity index (χ1n) is 5.11. The van der Waals surface area contributed by atoms with Crippen LogP contribution in [0.3, 0.4) is 0 Å². The molecule has 0 amide bonds. The Morgan fingerprint density at radius 3 is 2.20 bits per heavy atom. The van der Waals surface area contributed by atoms with Crippen molar-refractivity contribution >= 4 is 0 Å². The summed E-state index contributed by atoms with van der Waals surface area (Å²) in [7, 11) is 3.28. The van der Waals surface area contributed by atoms with E-state index in [4.69, 9.17) is 9.47 Å². The molecule has 1 aliphatic rings. The topological polar surface area (TPSA) is 38.7 Å². The van der Waals surface area contributed by atoms with Gasteiger partial charge in [0.2, 0.25) is 0 Å². The van der Waals surface area contributed by atoms with Gasteiger partial charge in [0.1, 0.15) is 11.5 Å². The molecule has 2 atom stereocenters. The van der Waals surface area contributed by atoms with Crippen LogP contribution in [0.4, 0.5) is 0 Å². The molecule has 3 nitrogen and oxygen atoms in total. The second-order valence-electron chi connectivity index (χ2n) is 3.95. The van der Waals surface area contributed by atoms with Crippen LogP contribution in [0.25, 0.3) is 0 Å². The van der Waals surface area contributed by atoms with Crippen LogP contribution < -0.4 is 9.47 Å². The number of methoxy groups -OCH3 is 2. The van der Waals surface area contributed by atoms with Crippen LogP contribution in [-0.4, -0.2) is 19.3 Å². The van der Waals surface area contributed by atoms with E-state index in [1.807, 2.05) is 12.1 Å². The van der Waals surface area contributed by atoms with Gasteiger partial charge in [-0.15, -0.1) is 0 Å². The molecule has 2 rings (SSSR count). The molecule has 15 heavy (non-hydrogen) atoms. The molecule has 1 aromatic carbocycles. The van der Waals surface area contributed by atoms with Crippen LogP contribution in [0.2, 0.25) is 0 Å². The summed E-state index contributed by atoms with van der Waals surface area (Å²) in [4.78, 5) is 0. The van der Waals surface area contributed by atoms with Crippen molar-refractivity contribution in [2.75, 3.05) is 14.2 Å². The molecule has 0 spiro atoms. The van der Waals surface area contributed by atoms with Crippen LogP contribution in [0.5, 0.6) is 11.5 Å². The molecule has 3 heteroatoms. The third kappa shape index (κ3) is 1.47. The average Bonchev–Trinajstić information content (AvgIpc) is 2.54. The van der Waals surface area contributed by atoms with E-state index in [2.05, 4.69) is 6.92 Å². The molecule has 1 aromatic rings. The molecule has 0 fully saturated rings. The molecule has 0 aliphatic heterocycles. The monoisotopic (exact) mass is 208 g/mol. The Bertz CT molecular complexity index is 338. The third-order valence-electron chi connectivity index (χ3n) is 3.05. The van der Waals surface area contributed by atoms with Crippen LogP contribution in [-0.2, 0) is 0 Å². The number of fused-ring (bicyclic) bond motifs is 1. The zero-order chi connectivity index (χ0) is 11.0. The molecule has 1 N–H and O–H groups in total. The smallest absolute Gasteiger partial charge is 0.125 e. The van der Waals surface area contributed by atoms with E-state index < -0.39 is 6.10 Å². The van der Waals surface area contributed by atoms with E-state index in [1.54, 1.807) is 14.2 Å². The Labute approximate surface area is 89.6 Å². The van der Waals surface area contributed by atoms with Crippen LogP contribution in [0, 0.1) is 0 Å². The average molecular weight is 208 g/mol. The first kappa shape index (κ1) is 10.3. The van der Waals surface area contributed by atoms with E-state index >= 15 is 0 Å². The Morgan fingerprint density at radius 1 is 1.13 bits per heavy atom. The molecule has 0 saturated carbocycles. The van der Waals surface area contributed by atoms with Gasteiger partial charge in [0.05, 0.1) is 20.3 Å². The summed E-state index contributed by atoms with van der Waals surface area (Å²) in [5.41, 5.74) is 1.98. The maximum Gasteiger partial charge on any atom is 0.125 e. The highest BCUT2D eigenvalue weighted by Gasteiger charge is 2.32. The van der Waals surface area contributed by atoms with Gasteiger partial charge in [-0.25, -0.2) is 0 Å². The van der Waals surface area contributed by atoms with Gasteiger partial charge >= 0.3 is 0 Å². The molecule has 0 radical (unpaired) electrons. The van der Waals surface area contributed by atoms with E-state index in [0.29, 0.717) is 5.92 Å². The Hall–Kier alpha value is -1.22. The minimum absolute atomic E-state index is 0.319. The van der Waals surface area contributed by atoms with E-state index in [9.17, 15) is 5.11 Å². The molecule has 2 unspecified atom stereocenters. The summed E-state index contributed by atoms with van der Waals surface area (Å²) < 4.78 is 10.6. The van der Waals surface area contributed by atoms with Crippen molar-refractivity contribution in [2.45, 2.75) is 25.4 Å². The SMILES string of the molecule is COc1ccc(OC)c2c1C(C)CC2O. The molecule has 1 aliphatic carbocycles. The normalized spacial score (nSPS) is 23.7. The summed E-state index contributed by atoms with van der Waals surface area (Å²) in [6, 6.07) is 3.74. The summed E-state index contributed by atoms with van der Waals surface area (Å²) >= 11 is 0. The van der Waals surface area contributed by atoms with E-state index in [0.717, 1.165) is 29.0 Å². The zero-order valence-electron chi connectivity index (χ0n) is 9.28. The third-order valence-corrected chi connectivity index (χ3v) is 3.05. The number of hydrogen-bond donors (Lipinski definition) is 1. The van der Waals surface area contributed by atoms with Crippen LogP contribution >= 0.6 is 0 Å². The number of rotatable bonds is 2. The fourth-order valence-corrected chi connectivity index (χ4v) is 2.38. The van der Waals surface area contributed by atoms with Gasteiger partial charge in [0.25, 0.3) is 0 Å². The fraction of sp³-hybridized carbons (Fsp3) is 0.500. The summed E-state index contributed by atoms with van der Waals surface area (Å²) in [5, 5.41) is 9.95. The molecule has 0 bridgehead atoms. The predicted molar refractivity (Wildman–Crippen MR) is 57.5 cm³/mol. The lowest BCUT2D eigenvalue weighted by molar-refractivity contribution is 0.171. The Morgan fingerprint density at radius 2 is 1.67 bits per heavy atom. The fourth-order valence-electron chi connectivity index (χ4n) is 2.38. The van der Waals surface area contributed by atoms with E-state index in [1.165, 1.54) is 0 Å². The molecular weight excluding hydrogens is 192 g/mol. The van der Waals surface area contributed by atoms with Crippen molar-refractivity contribution in [2.24, 2.45) is 0 Å². The highest BCUT2D eigenvalue weighted by Crippen LogP contribution is 2.48. The van der Waals surface area contributed by atoms with Crippen molar-refractivity contribution in [1.29, 1.82) is 0 Å². The van der Waals surface area contributed by atoms with Crippen molar-refractivity contribution in [3.63, 3.8) is 0 Å². The van der Waals surface area contributed by atoms with Gasteiger partial charge in [-0.05, 0) is 24.5 Å². The van der Waals surface area contributed by atoms with Gasteiger partial charge in [-0.2, -0.15) is 0 Å². The zero-order valence-corrected chi connectivity index (χ0v) is 9.28. The maximum atomic E-state index is 9.95. The first-order valence-corrected chi connectivity index (χ1v) is 5.11. The number of ether oxygens (including phenoxy) is 2. The summed E-state index contributed by atoms with van der Waals surface area (Å²) in [6.07, 6.45) is 0.312. The van der Waals surface area contributed by atoms with Crippen molar-refractivity contribution in [3.8, 4) is 11.5 Å². The number of hydrogen-bond acceptors (Lipinski definition) is 3. The predicted octanol–water partition coefficient (Wildman–Crippen LogP) is 2.24. The highest BCUT2D eigenvalue weighted by molar-refractivity contribution is 5.54. The summed E-state index contributed by atoms with van der Waals surface area (Å²) in [6.45, 7) is 2.09. The Balaban J connectivity index is 2.62. The number of aliphatic hydroxyl groups excluding tert-OH is 1. The van der Waals surface area contributed by atoms with Crippen LogP contribution in [0.15, 0.2) is 12.1 Å². The second kappa shape index (κ2) is 3.74.